The third kappa shape index (κ3) is 4.11. The van der Waals surface area contributed by atoms with Gasteiger partial charge in [0.2, 0.25) is 5.91 Å². The molecule has 0 aliphatic carbocycles. The van der Waals surface area contributed by atoms with Crippen LogP contribution in [0.3, 0.4) is 0 Å². The average Bonchev–Trinajstić information content (AvgIpc) is 2.18. The number of hydrogen-bond donors (Lipinski definition) is 2. The molecule has 0 aromatic heterocycles. The van der Waals surface area contributed by atoms with E-state index < -0.39 is 0 Å². The van der Waals surface area contributed by atoms with Gasteiger partial charge in [-0.3, -0.25) is 4.79 Å². The van der Waals surface area contributed by atoms with E-state index in [1.807, 2.05) is 19.9 Å². The third-order valence-corrected chi connectivity index (χ3v) is 2.51. The summed E-state index contributed by atoms with van der Waals surface area (Å²) in [5, 5.41) is 3.49. The Balaban J connectivity index is 2.54. The molecular formula is C12H17ClN2O. The lowest BCUT2D eigenvalue weighted by Gasteiger charge is -2.09. The molecule has 3 N–H and O–H groups in total. The molecule has 1 rings (SSSR count). The number of aryl methyl sites for hydroxylation is 1. The van der Waals surface area contributed by atoms with Crippen LogP contribution in [0.5, 0.6) is 0 Å². The van der Waals surface area contributed by atoms with Crippen molar-refractivity contribution >= 4 is 23.2 Å². The SMILES string of the molecule is CC(C)NC(=O)CCc1cc(N)ccc1Cl. The Morgan fingerprint density at radius 3 is 2.81 bits per heavy atom. The van der Waals surface area contributed by atoms with Gasteiger partial charge in [-0.05, 0) is 44.0 Å². The molecule has 0 unspecified atom stereocenters. The first-order valence-electron chi connectivity index (χ1n) is 5.32. The van der Waals surface area contributed by atoms with Crippen molar-refractivity contribution in [2.45, 2.75) is 32.7 Å². The summed E-state index contributed by atoms with van der Waals surface area (Å²) in [6.45, 7) is 3.87. The first-order valence-corrected chi connectivity index (χ1v) is 5.70. The predicted octanol–water partition coefficient (Wildman–Crippen LogP) is 2.38. The summed E-state index contributed by atoms with van der Waals surface area (Å²) < 4.78 is 0. The van der Waals surface area contributed by atoms with Crippen LogP contribution in [0.25, 0.3) is 0 Å². The van der Waals surface area contributed by atoms with Gasteiger partial charge in [0.15, 0.2) is 0 Å². The normalized spacial score (nSPS) is 10.5. The Labute approximate surface area is 101 Å². The second-order valence-corrected chi connectivity index (χ2v) is 4.48. The predicted molar refractivity (Wildman–Crippen MR) is 67.5 cm³/mol. The van der Waals surface area contributed by atoms with Gasteiger partial charge in [0.25, 0.3) is 0 Å². The molecule has 0 aliphatic rings. The first kappa shape index (κ1) is 12.8. The van der Waals surface area contributed by atoms with Gasteiger partial charge in [0, 0.05) is 23.2 Å². The molecule has 0 radical (unpaired) electrons. The molecule has 0 aliphatic heterocycles. The van der Waals surface area contributed by atoms with Crippen LogP contribution in [0.2, 0.25) is 5.02 Å². The molecule has 0 bridgehead atoms. The van der Waals surface area contributed by atoms with Crippen molar-refractivity contribution in [2.24, 2.45) is 0 Å². The first-order chi connectivity index (χ1) is 7.49. The Bertz CT molecular complexity index is 377. The second kappa shape index (κ2) is 5.75. The summed E-state index contributed by atoms with van der Waals surface area (Å²) in [6.07, 6.45) is 1.05. The molecule has 1 aromatic rings. The van der Waals surface area contributed by atoms with Gasteiger partial charge < -0.3 is 11.1 Å². The van der Waals surface area contributed by atoms with E-state index in [0.717, 1.165) is 5.56 Å². The Morgan fingerprint density at radius 2 is 2.19 bits per heavy atom. The number of nitrogen functional groups attached to an aromatic ring is 1. The van der Waals surface area contributed by atoms with Crippen LogP contribution >= 0.6 is 11.6 Å². The fourth-order valence-electron chi connectivity index (χ4n) is 1.43. The minimum absolute atomic E-state index is 0.0356. The van der Waals surface area contributed by atoms with Crippen molar-refractivity contribution in [3.63, 3.8) is 0 Å². The maximum Gasteiger partial charge on any atom is 0.220 e. The number of benzene rings is 1. The van der Waals surface area contributed by atoms with Crippen molar-refractivity contribution in [1.82, 2.24) is 5.32 Å². The quantitative estimate of drug-likeness (QED) is 0.794. The summed E-state index contributed by atoms with van der Waals surface area (Å²) in [4.78, 5) is 11.4. The van der Waals surface area contributed by atoms with Crippen molar-refractivity contribution in [2.75, 3.05) is 5.73 Å². The topological polar surface area (TPSA) is 55.1 Å². The zero-order valence-electron chi connectivity index (χ0n) is 9.59. The van der Waals surface area contributed by atoms with Crippen molar-refractivity contribution < 1.29 is 4.79 Å². The minimum Gasteiger partial charge on any atom is -0.399 e. The van der Waals surface area contributed by atoms with E-state index >= 15 is 0 Å². The standard InChI is InChI=1S/C12H17ClN2O/c1-8(2)15-12(16)6-3-9-7-10(14)4-5-11(9)13/h4-5,7-8H,3,6,14H2,1-2H3,(H,15,16). The molecule has 3 nitrogen and oxygen atoms in total. The van der Waals surface area contributed by atoms with Crippen LogP contribution in [0, 0.1) is 0 Å². The molecule has 0 spiro atoms. The molecule has 0 saturated carbocycles. The van der Waals surface area contributed by atoms with E-state index in [-0.39, 0.29) is 11.9 Å². The number of carbonyl (C=O) groups is 1. The molecule has 16 heavy (non-hydrogen) atoms. The van der Waals surface area contributed by atoms with Gasteiger partial charge in [0.05, 0.1) is 0 Å². The van der Waals surface area contributed by atoms with Crippen molar-refractivity contribution in [1.29, 1.82) is 0 Å². The minimum atomic E-state index is 0.0356. The number of nitrogens with two attached hydrogens (primary N) is 1. The molecule has 88 valence electrons. The van der Waals surface area contributed by atoms with Crippen molar-refractivity contribution in [3.8, 4) is 0 Å². The van der Waals surface area contributed by atoms with Crippen LogP contribution < -0.4 is 11.1 Å². The van der Waals surface area contributed by atoms with Gasteiger partial charge in [-0.2, -0.15) is 0 Å². The fourth-order valence-corrected chi connectivity index (χ4v) is 1.64. The highest BCUT2D eigenvalue weighted by molar-refractivity contribution is 6.31. The highest BCUT2D eigenvalue weighted by atomic mass is 35.5. The average molecular weight is 241 g/mol. The maximum absolute atomic E-state index is 11.4. The van der Waals surface area contributed by atoms with E-state index in [1.54, 1.807) is 12.1 Å². The molecule has 4 heteroatoms. The van der Waals surface area contributed by atoms with Gasteiger partial charge in [-0.25, -0.2) is 0 Å². The van der Waals surface area contributed by atoms with E-state index in [4.69, 9.17) is 17.3 Å². The summed E-state index contributed by atoms with van der Waals surface area (Å²) >= 11 is 6.00. The van der Waals surface area contributed by atoms with Crippen LogP contribution in [0.15, 0.2) is 18.2 Å². The van der Waals surface area contributed by atoms with Crippen LogP contribution in [-0.2, 0) is 11.2 Å². The van der Waals surface area contributed by atoms with E-state index in [0.29, 0.717) is 23.6 Å². The number of rotatable bonds is 4. The molecule has 0 atom stereocenters. The number of anilines is 1. The number of nitrogens with one attached hydrogen (secondary N) is 1. The van der Waals surface area contributed by atoms with Gasteiger partial charge in [-0.15, -0.1) is 0 Å². The summed E-state index contributed by atoms with van der Waals surface area (Å²) in [7, 11) is 0. The number of halogens is 1. The van der Waals surface area contributed by atoms with E-state index in [2.05, 4.69) is 5.32 Å². The van der Waals surface area contributed by atoms with Gasteiger partial charge >= 0.3 is 0 Å². The molecule has 0 fully saturated rings. The third-order valence-electron chi connectivity index (χ3n) is 2.14. The molecule has 1 amide bonds. The van der Waals surface area contributed by atoms with Crippen molar-refractivity contribution in [3.05, 3.63) is 28.8 Å². The number of hydrogen-bond acceptors (Lipinski definition) is 2. The number of carbonyl (C=O) groups excluding carboxylic acids is 1. The molecule has 0 heterocycles. The number of amides is 1. The van der Waals surface area contributed by atoms with Gasteiger partial charge in [0.1, 0.15) is 0 Å². The van der Waals surface area contributed by atoms with Gasteiger partial charge in [-0.1, -0.05) is 11.6 Å². The highest BCUT2D eigenvalue weighted by Gasteiger charge is 2.06. The zero-order chi connectivity index (χ0) is 12.1. The highest BCUT2D eigenvalue weighted by Crippen LogP contribution is 2.20. The Kier molecular flexibility index (Phi) is 4.62. The molecule has 1 aromatic carbocycles. The van der Waals surface area contributed by atoms with E-state index in [1.165, 1.54) is 0 Å². The molecule has 0 saturated heterocycles. The van der Waals surface area contributed by atoms with E-state index in [9.17, 15) is 4.79 Å². The largest absolute Gasteiger partial charge is 0.399 e. The zero-order valence-corrected chi connectivity index (χ0v) is 10.3. The summed E-state index contributed by atoms with van der Waals surface area (Å²) in [6, 6.07) is 5.49. The van der Waals surface area contributed by atoms with Crippen LogP contribution in [-0.4, -0.2) is 11.9 Å². The fraction of sp³-hybridized carbons (Fsp3) is 0.417. The van der Waals surface area contributed by atoms with Crippen LogP contribution in [0.1, 0.15) is 25.8 Å². The monoisotopic (exact) mass is 240 g/mol. The summed E-state index contributed by atoms with van der Waals surface area (Å²) in [5.41, 5.74) is 7.24. The maximum atomic E-state index is 11.4. The lowest BCUT2D eigenvalue weighted by atomic mass is 10.1. The molecular weight excluding hydrogens is 224 g/mol. The summed E-state index contributed by atoms with van der Waals surface area (Å²) in [5.74, 6) is 0.0356. The second-order valence-electron chi connectivity index (χ2n) is 4.07. The lowest BCUT2D eigenvalue weighted by molar-refractivity contribution is -0.121. The Morgan fingerprint density at radius 1 is 1.50 bits per heavy atom. The smallest absolute Gasteiger partial charge is 0.220 e. The van der Waals surface area contributed by atoms with Crippen LogP contribution in [0.4, 0.5) is 5.69 Å². The Hall–Kier alpha value is -1.22. The lowest BCUT2D eigenvalue weighted by Crippen LogP contribution is -2.30.